The van der Waals surface area contributed by atoms with E-state index in [2.05, 4.69) is 61.3 Å². The van der Waals surface area contributed by atoms with E-state index in [1.807, 2.05) is 18.4 Å². The number of nitrogens with zero attached hydrogens (tertiary/aromatic N) is 5. The van der Waals surface area contributed by atoms with Crippen molar-refractivity contribution in [1.29, 1.82) is 0 Å². The highest BCUT2D eigenvalue weighted by Gasteiger charge is 2.24. The zero-order valence-corrected chi connectivity index (χ0v) is 20.6. The van der Waals surface area contributed by atoms with Gasteiger partial charge < -0.3 is 19.9 Å². The van der Waals surface area contributed by atoms with Crippen molar-refractivity contribution in [3.63, 3.8) is 0 Å². The van der Waals surface area contributed by atoms with E-state index in [0.29, 0.717) is 6.04 Å². The van der Waals surface area contributed by atoms with Crippen LogP contribution in [-0.2, 0) is 17.7 Å². The quantitative estimate of drug-likeness (QED) is 0.308. The molecule has 0 bridgehead atoms. The predicted molar refractivity (Wildman–Crippen MR) is 128 cm³/mol. The van der Waals surface area contributed by atoms with Gasteiger partial charge in [-0.3, -0.25) is 9.89 Å². The topological polar surface area (TPSA) is 79.6 Å². The van der Waals surface area contributed by atoms with Gasteiger partial charge in [-0.1, -0.05) is 6.92 Å². The van der Waals surface area contributed by atoms with Gasteiger partial charge in [-0.2, -0.15) is 0 Å². The lowest BCUT2D eigenvalue weighted by Crippen LogP contribution is -2.46. The van der Waals surface area contributed by atoms with Crippen LogP contribution in [0.25, 0.3) is 0 Å². The van der Waals surface area contributed by atoms with Gasteiger partial charge in [-0.15, -0.1) is 45.5 Å². The summed E-state index contributed by atoms with van der Waals surface area (Å²) >= 11 is 1.87. The summed E-state index contributed by atoms with van der Waals surface area (Å²) in [6.07, 6.45) is 2.67. The van der Waals surface area contributed by atoms with Crippen molar-refractivity contribution < 1.29 is 4.74 Å². The number of guanidine groups is 1. The van der Waals surface area contributed by atoms with Gasteiger partial charge in [0.15, 0.2) is 5.96 Å². The van der Waals surface area contributed by atoms with E-state index >= 15 is 0 Å². The number of hydrogen-bond acceptors (Lipinski definition) is 6. The number of aliphatic imine (C=N–C) groups is 1. The molecule has 2 N–H and O–H groups in total. The first kappa shape index (κ1) is 24.0. The molecule has 1 aliphatic rings. The first-order chi connectivity index (χ1) is 13.7. The average Bonchev–Trinajstić information content (AvgIpc) is 3.36. The molecule has 1 unspecified atom stereocenters. The molecule has 162 valence electrons. The van der Waals surface area contributed by atoms with Gasteiger partial charge in [0, 0.05) is 55.9 Å². The fraction of sp³-hybridized carbons (Fsp3) is 0.632. The molecule has 2 aromatic heterocycles. The third-order valence-corrected chi connectivity index (χ3v) is 6.02. The van der Waals surface area contributed by atoms with Crippen LogP contribution >= 0.6 is 35.3 Å². The van der Waals surface area contributed by atoms with Gasteiger partial charge >= 0.3 is 0 Å². The third-order valence-electron chi connectivity index (χ3n) is 4.92. The molecular formula is C19H32IN7OS. The van der Waals surface area contributed by atoms with E-state index in [9.17, 15) is 0 Å². The summed E-state index contributed by atoms with van der Waals surface area (Å²) in [6, 6.07) is 4.77. The van der Waals surface area contributed by atoms with Gasteiger partial charge in [-0.25, -0.2) is 0 Å². The summed E-state index contributed by atoms with van der Waals surface area (Å²) in [5.74, 6) is 1.82. The Morgan fingerprint density at radius 2 is 2.10 bits per heavy atom. The number of aromatic nitrogens is 3. The Morgan fingerprint density at radius 3 is 2.76 bits per heavy atom. The number of morpholine rings is 1. The van der Waals surface area contributed by atoms with E-state index in [0.717, 1.165) is 64.1 Å². The molecule has 3 heterocycles. The summed E-state index contributed by atoms with van der Waals surface area (Å²) in [4.78, 5) is 9.61. The second-order valence-corrected chi connectivity index (χ2v) is 8.11. The summed E-state index contributed by atoms with van der Waals surface area (Å²) in [6.45, 7) is 10.2. The van der Waals surface area contributed by atoms with Crippen LogP contribution in [0.15, 0.2) is 23.5 Å². The first-order valence-electron chi connectivity index (χ1n) is 9.90. The van der Waals surface area contributed by atoms with Crippen LogP contribution in [0.2, 0.25) is 0 Å². The summed E-state index contributed by atoms with van der Waals surface area (Å²) in [5.41, 5.74) is 0. The molecule has 1 saturated heterocycles. The lowest BCUT2D eigenvalue weighted by atomic mass is 10.2. The Balaban J connectivity index is 0.00000300. The second kappa shape index (κ2) is 12.5. The van der Waals surface area contributed by atoms with Crippen LogP contribution in [0.1, 0.15) is 28.5 Å². The van der Waals surface area contributed by atoms with Crippen molar-refractivity contribution in [3.05, 3.63) is 34.0 Å². The summed E-state index contributed by atoms with van der Waals surface area (Å²) < 4.78 is 7.61. The molecule has 1 aliphatic heterocycles. The number of thiophene rings is 1. The second-order valence-electron chi connectivity index (χ2n) is 6.79. The predicted octanol–water partition coefficient (Wildman–Crippen LogP) is 2.07. The van der Waals surface area contributed by atoms with E-state index in [4.69, 9.17) is 4.74 Å². The number of aryl methyl sites for hydroxylation is 2. The Bertz CT molecular complexity index is 757. The number of nitrogens with one attached hydrogen (secondary N) is 2. The largest absolute Gasteiger partial charge is 0.379 e. The smallest absolute Gasteiger partial charge is 0.191 e. The minimum Gasteiger partial charge on any atom is -0.379 e. The van der Waals surface area contributed by atoms with Crippen LogP contribution in [0, 0.1) is 6.92 Å². The van der Waals surface area contributed by atoms with Crippen LogP contribution in [0.4, 0.5) is 0 Å². The minimum absolute atomic E-state index is 0. The van der Waals surface area contributed by atoms with E-state index in [-0.39, 0.29) is 24.0 Å². The van der Waals surface area contributed by atoms with Crippen molar-refractivity contribution >= 4 is 41.3 Å². The van der Waals surface area contributed by atoms with Crippen LogP contribution in [-0.4, -0.2) is 72.1 Å². The Hall–Kier alpha value is -1.24. The summed E-state index contributed by atoms with van der Waals surface area (Å²) in [7, 11) is 1.81. The third kappa shape index (κ3) is 6.90. The highest BCUT2D eigenvalue weighted by molar-refractivity contribution is 14.0. The maximum atomic E-state index is 5.54. The molecule has 0 spiro atoms. The van der Waals surface area contributed by atoms with Gasteiger partial charge in [-0.05, 0) is 19.1 Å². The Morgan fingerprint density at radius 1 is 1.31 bits per heavy atom. The molecular weight excluding hydrogens is 501 g/mol. The normalized spacial score (nSPS) is 16.3. The molecule has 0 radical (unpaired) electrons. The molecule has 1 fully saturated rings. The molecule has 10 heteroatoms. The maximum absolute atomic E-state index is 5.54. The molecule has 2 aromatic rings. The number of rotatable bonds is 8. The minimum atomic E-state index is 0. The van der Waals surface area contributed by atoms with Crippen molar-refractivity contribution in [2.75, 3.05) is 46.4 Å². The molecule has 0 aliphatic carbocycles. The fourth-order valence-electron chi connectivity index (χ4n) is 3.38. The molecule has 0 amide bonds. The standard InChI is InChI=1S/C19H31N7OS.HI/c1-4-18-24-23-14-26(18)8-7-21-19(20-3)22-13-16(17-6-5-15(2)28-17)25-9-11-27-12-10-25;/h5-6,14,16H,4,7-13H2,1-3H3,(H2,20,21,22);1H. The lowest BCUT2D eigenvalue weighted by molar-refractivity contribution is 0.0177. The van der Waals surface area contributed by atoms with Crippen LogP contribution < -0.4 is 10.6 Å². The van der Waals surface area contributed by atoms with Crippen molar-refractivity contribution in [2.24, 2.45) is 4.99 Å². The highest BCUT2D eigenvalue weighted by Crippen LogP contribution is 2.27. The van der Waals surface area contributed by atoms with Crippen LogP contribution in [0.5, 0.6) is 0 Å². The van der Waals surface area contributed by atoms with Gasteiger partial charge in [0.1, 0.15) is 12.2 Å². The monoisotopic (exact) mass is 533 g/mol. The number of halogens is 1. The maximum Gasteiger partial charge on any atom is 0.191 e. The Labute approximate surface area is 194 Å². The molecule has 1 atom stereocenters. The van der Waals surface area contributed by atoms with Gasteiger partial charge in [0.25, 0.3) is 0 Å². The molecule has 8 nitrogen and oxygen atoms in total. The molecule has 29 heavy (non-hydrogen) atoms. The SMILES string of the molecule is CCc1nncn1CCNC(=NC)NCC(c1ccc(C)s1)N1CCOCC1.I. The van der Waals surface area contributed by atoms with Gasteiger partial charge in [0.05, 0.1) is 19.3 Å². The number of ether oxygens (including phenoxy) is 1. The van der Waals surface area contributed by atoms with E-state index in [1.54, 1.807) is 6.33 Å². The number of hydrogen-bond donors (Lipinski definition) is 2. The Kier molecular flexibility index (Phi) is 10.3. The zero-order chi connectivity index (χ0) is 19.8. The molecule has 0 saturated carbocycles. The fourth-order valence-corrected chi connectivity index (χ4v) is 4.39. The summed E-state index contributed by atoms with van der Waals surface area (Å²) in [5, 5.41) is 15.0. The highest BCUT2D eigenvalue weighted by atomic mass is 127. The van der Waals surface area contributed by atoms with Crippen LogP contribution in [0.3, 0.4) is 0 Å². The first-order valence-corrected chi connectivity index (χ1v) is 10.7. The average molecular weight is 533 g/mol. The van der Waals surface area contributed by atoms with Crippen molar-refractivity contribution in [1.82, 2.24) is 30.3 Å². The lowest BCUT2D eigenvalue weighted by Gasteiger charge is -2.34. The molecule has 0 aromatic carbocycles. The van der Waals surface area contributed by atoms with Crippen molar-refractivity contribution in [2.45, 2.75) is 32.9 Å². The zero-order valence-electron chi connectivity index (χ0n) is 17.4. The van der Waals surface area contributed by atoms with Crippen molar-refractivity contribution in [3.8, 4) is 0 Å². The van der Waals surface area contributed by atoms with E-state index < -0.39 is 0 Å². The molecule has 3 rings (SSSR count). The van der Waals surface area contributed by atoms with E-state index in [1.165, 1.54) is 9.75 Å². The van der Waals surface area contributed by atoms with Gasteiger partial charge in [0.2, 0.25) is 0 Å².